The SMILES string of the molecule is C=CCNc1sc(C(=O)c2cc(OC)c(OC)c(OC)c2)c(N)c1C#N. The van der Waals surface area contributed by atoms with Crippen molar-refractivity contribution in [3.05, 3.63) is 40.8 Å². The molecule has 1 aromatic carbocycles. The second-order valence-electron chi connectivity index (χ2n) is 5.07. The standard InChI is InChI=1S/C18H19N3O4S/c1-5-6-21-18-11(9-19)14(20)17(26-18)15(22)10-7-12(23-2)16(25-4)13(8-10)24-3/h5,7-8,21H,1,6,20H2,2-4H3. The number of nitrogens with zero attached hydrogens (tertiary/aromatic N) is 1. The Morgan fingerprint density at radius 3 is 2.38 bits per heavy atom. The van der Waals surface area contributed by atoms with Crippen molar-refractivity contribution in [2.45, 2.75) is 0 Å². The maximum atomic E-state index is 13.0. The van der Waals surface area contributed by atoms with Crippen LogP contribution in [0.1, 0.15) is 20.8 Å². The molecule has 0 saturated carbocycles. The van der Waals surface area contributed by atoms with E-state index >= 15 is 0 Å². The van der Waals surface area contributed by atoms with E-state index in [0.717, 1.165) is 11.3 Å². The predicted octanol–water partition coefficient (Wildman–Crippen LogP) is 3.06. The van der Waals surface area contributed by atoms with Gasteiger partial charge in [0, 0.05) is 12.1 Å². The van der Waals surface area contributed by atoms with Gasteiger partial charge in [0.2, 0.25) is 11.5 Å². The number of hydrogen-bond donors (Lipinski definition) is 2. The van der Waals surface area contributed by atoms with Crippen LogP contribution in [0.25, 0.3) is 0 Å². The Morgan fingerprint density at radius 2 is 1.92 bits per heavy atom. The highest BCUT2D eigenvalue weighted by atomic mass is 32.1. The van der Waals surface area contributed by atoms with Crippen LogP contribution in [-0.2, 0) is 0 Å². The maximum Gasteiger partial charge on any atom is 0.205 e. The fourth-order valence-corrected chi connectivity index (χ4v) is 3.40. The molecule has 2 aromatic rings. The van der Waals surface area contributed by atoms with Crippen LogP contribution in [0.15, 0.2) is 24.8 Å². The van der Waals surface area contributed by atoms with Gasteiger partial charge in [0.25, 0.3) is 0 Å². The number of nitriles is 1. The first-order chi connectivity index (χ1) is 12.5. The van der Waals surface area contributed by atoms with Gasteiger partial charge in [-0.15, -0.1) is 17.9 Å². The molecule has 0 bridgehead atoms. The molecule has 0 fully saturated rings. The van der Waals surface area contributed by atoms with Crippen molar-refractivity contribution in [3.8, 4) is 23.3 Å². The number of nitrogens with two attached hydrogens (primary N) is 1. The van der Waals surface area contributed by atoms with E-state index in [4.69, 9.17) is 19.9 Å². The summed E-state index contributed by atoms with van der Waals surface area (Å²) in [4.78, 5) is 13.2. The minimum absolute atomic E-state index is 0.141. The van der Waals surface area contributed by atoms with Crippen LogP contribution in [0.5, 0.6) is 17.2 Å². The monoisotopic (exact) mass is 373 g/mol. The maximum absolute atomic E-state index is 13.0. The Morgan fingerprint density at radius 1 is 1.31 bits per heavy atom. The quantitative estimate of drug-likeness (QED) is 0.541. The van der Waals surface area contributed by atoms with Crippen LogP contribution in [0.2, 0.25) is 0 Å². The van der Waals surface area contributed by atoms with Gasteiger partial charge in [-0.1, -0.05) is 6.08 Å². The van der Waals surface area contributed by atoms with Gasteiger partial charge in [0.05, 0.1) is 27.0 Å². The fourth-order valence-electron chi connectivity index (χ4n) is 2.36. The van der Waals surface area contributed by atoms with Crippen molar-refractivity contribution in [2.24, 2.45) is 0 Å². The molecular weight excluding hydrogens is 354 g/mol. The topological polar surface area (TPSA) is 107 Å². The Kier molecular flexibility index (Phi) is 6.09. The molecule has 1 heterocycles. The van der Waals surface area contributed by atoms with E-state index in [1.807, 2.05) is 6.07 Å². The number of anilines is 2. The van der Waals surface area contributed by atoms with E-state index in [9.17, 15) is 10.1 Å². The van der Waals surface area contributed by atoms with Gasteiger partial charge in [-0.2, -0.15) is 5.26 Å². The van der Waals surface area contributed by atoms with Gasteiger partial charge in [-0.05, 0) is 12.1 Å². The summed E-state index contributed by atoms with van der Waals surface area (Å²) in [6, 6.07) is 5.12. The number of ketones is 1. The molecule has 0 radical (unpaired) electrons. The number of benzene rings is 1. The van der Waals surface area contributed by atoms with E-state index in [1.165, 1.54) is 21.3 Å². The molecular formula is C18H19N3O4S. The fraction of sp³-hybridized carbons (Fsp3) is 0.222. The number of carbonyl (C=O) groups is 1. The van der Waals surface area contributed by atoms with Gasteiger partial charge in [-0.25, -0.2) is 0 Å². The lowest BCUT2D eigenvalue weighted by molar-refractivity contribution is 0.104. The molecule has 2 rings (SSSR count). The molecule has 0 atom stereocenters. The van der Waals surface area contributed by atoms with E-state index in [-0.39, 0.29) is 21.9 Å². The highest BCUT2D eigenvalue weighted by Crippen LogP contribution is 2.41. The minimum atomic E-state index is -0.338. The number of nitrogens with one attached hydrogen (secondary N) is 1. The highest BCUT2D eigenvalue weighted by Gasteiger charge is 2.24. The third kappa shape index (κ3) is 3.43. The van der Waals surface area contributed by atoms with Crippen molar-refractivity contribution >= 4 is 27.8 Å². The molecule has 0 saturated heterocycles. The molecule has 0 aliphatic heterocycles. The average Bonchev–Trinajstić information content (AvgIpc) is 2.99. The smallest absolute Gasteiger partial charge is 0.205 e. The van der Waals surface area contributed by atoms with E-state index in [1.54, 1.807) is 18.2 Å². The molecule has 8 heteroatoms. The Hall–Kier alpha value is -3.18. The minimum Gasteiger partial charge on any atom is -0.493 e. The van der Waals surface area contributed by atoms with Crippen LogP contribution in [0.4, 0.5) is 10.7 Å². The summed E-state index contributed by atoms with van der Waals surface area (Å²) in [5.74, 6) is 0.762. The molecule has 0 spiro atoms. The highest BCUT2D eigenvalue weighted by molar-refractivity contribution is 7.19. The predicted molar refractivity (Wildman–Crippen MR) is 102 cm³/mol. The van der Waals surface area contributed by atoms with Gasteiger partial charge >= 0.3 is 0 Å². The normalized spacial score (nSPS) is 9.92. The second-order valence-corrected chi connectivity index (χ2v) is 6.09. The van der Waals surface area contributed by atoms with E-state index in [2.05, 4.69) is 11.9 Å². The molecule has 136 valence electrons. The molecule has 7 nitrogen and oxygen atoms in total. The lowest BCUT2D eigenvalue weighted by Crippen LogP contribution is -2.05. The van der Waals surface area contributed by atoms with Gasteiger partial charge in [-0.3, -0.25) is 4.79 Å². The first-order valence-electron chi connectivity index (χ1n) is 7.54. The molecule has 0 aliphatic rings. The Labute approximate surface area is 155 Å². The van der Waals surface area contributed by atoms with E-state index in [0.29, 0.717) is 34.4 Å². The number of ether oxygens (including phenoxy) is 3. The molecule has 0 unspecified atom stereocenters. The Balaban J connectivity index is 2.54. The van der Waals surface area contributed by atoms with Crippen molar-refractivity contribution in [2.75, 3.05) is 38.9 Å². The van der Waals surface area contributed by atoms with Crippen molar-refractivity contribution in [1.29, 1.82) is 5.26 Å². The summed E-state index contributed by atoms with van der Waals surface area (Å²) in [5, 5.41) is 12.9. The van der Waals surface area contributed by atoms with Crippen LogP contribution in [0, 0.1) is 11.3 Å². The first-order valence-corrected chi connectivity index (χ1v) is 8.35. The van der Waals surface area contributed by atoms with E-state index < -0.39 is 0 Å². The number of rotatable bonds is 8. The molecule has 0 aliphatic carbocycles. The summed E-state index contributed by atoms with van der Waals surface area (Å²) >= 11 is 1.12. The van der Waals surface area contributed by atoms with Crippen LogP contribution in [0.3, 0.4) is 0 Å². The molecule has 0 amide bonds. The van der Waals surface area contributed by atoms with Crippen molar-refractivity contribution < 1.29 is 19.0 Å². The number of methoxy groups -OCH3 is 3. The van der Waals surface area contributed by atoms with Crippen LogP contribution in [-0.4, -0.2) is 33.7 Å². The summed E-state index contributed by atoms with van der Waals surface area (Å²) in [5.41, 5.74) is 6.73. The summed E-state index contributed by atoms with van der Waals surface area (Å²) in [6.45, 7) is 4.07. The Bertz CT molecular complexity index is 858. The van der Waals surface area contributed by atoms with Gasteiger partial charge in [0.1, 0.15) is 21.5 Å². The molecule has 26 heavy (non-hydrogen) atoms. The zero-order chi connectivity index (χ0) is 19.3. The lowest BCUT2D eigenvalue weighted by Gasteiger charge is -2.13. The number of thiophene rings is 1. The summed E-state index contributed by atoms with van der Waals surface area (Å²) < 4.78 is 15.8. The third-order valence-electron chi connectivity index (χ3n) is 3.60. The summed E-state index contributed by atoms with van der Waals surface area (Å²) in [6.07, 6.45) is 1.65. The average molecular weight is 373 g/mol. The third-order valence-corrected chi connectivity index (χ3v) is 4.76. The van der Waals surface area contributed by atoms with Gasteiger partial charge < -0.3 is 25.3 Å². The zero-order valence-electron chi connectivity index (χ0n) is 14.7. The van der Waals surface area contributed by atoms with Crippen LogP contribution >= 0.6 is 11.3 Å². The second kappa shape index (κ2) is 8.27. The van der Waals surface area contributed by atoms with Gasteiger partial charge in [0.15, 0.2) is 11.5 Å². The number of carbonyl (C=O) groups excluding carboxylic acids is 1. The number of nitrogen functional groups attached to an aromatic ring is 1. The van der Waals surface area contributed by atoms with Crippen molar-refractivity contribution in [3.63, 3.8) is 0 Å². The molecule has 3 N–H and O–H groups in total. The lowest BCUT2D eigenvalue weighted by atomic mass is 10.1. The van der Waals surface area contributed by atoms with Crippen molar-refractivity contribution in [1.82, 2.24) is 0 Å². The van der Waals surface area contributed by atoms with Crippen LogP contribution < -0.4 is 25.3 Å². The first kappa shape index (κ1) is 19.1. The molecule has 1 aromatic heterocycles. The summed E-state index contributed by atoms with van der Waals surface area (Å²) in [7, 11) is 4.42. The zero-order valence-corrected chi connectivity index (χ0v) is 15.5. The largest absolute Gasteiger partial charge is 0.493 e. The number of hydrogen-bond acceptors (Lipinski definition) is 8.